The smallest absolute Gasteiger partial charge is 0.227 e. The first-order valence-electron chi connectivity index (χ1n) is 4.77. The van der Waals surface area contributed by atoms with E-state index >= 15 is 0 Å². The van der Waals surface area contributed by atoms with Crippen molar-refractivity contribution in [2.24, 2.45) is 0 Å². The molecule has 5 heteroatoms. The average molecular weight is 216 g/mol. The zero-order valence-electron chi connectivity index (χ0n) is 8.16. The Hall–Kier alpha value is -0.740. The van der Waals surface area contributed by atoms with Crippen molar-refractivity contribution in [1.29, 1.82) is 0 Å². The highest BCUT2D eigenvalue weighted by molar-refractivity contribution is 6.30. The molecule has 1 unspecified atom stereocenters. The number of nitrogens with two attached hydrogens (primary N) is 1. The van der Waals surface area contributed by atoms with Gasteiger partial charge in [-0.05, 0) is 26.4 Å². The summed E-state index contributed by atoms with van der Waals surface area (Å²) in [5.41, 5.74) is 6.57. The van der Waals surface area contributed by atoms with E-state index in [1.165, 1.54) is 6.42 Å². The molecule has 1 aliphatic heterocycles. The molecule has 0 radical (unpaired) electrons. The molecule has 1 atom stereocenters. The van der Waals surface area contributed by atoms with Gasteiger partial charge in [-0.3, -0.25) is 0 Å². The number of likely N-dealkylation sites (tertiary alicyclic amines) is 1. The predicted octanol–water partition coefficient (Wildman–Crippen LogP) is 1.72. The molecule has 1 aromatic rings. The van der Waals surface area contributed by atoms with Gasteiger partial charge in [0.1, 0.15) is 0 Å². The van der Waals surface area contributed by atoms with E-state index in [0.717, 1.165) is 25.1 Å². The van der Waals surface area contributed by atoms with E-state index in [9.17, 15) is 0 Å². The Balaban J connectivity index is 2.21. The van der Waals surface area contributed by atoms with Crippen LogP contribution in [-0.4, -0.2) is 30.2 Å². The van der Waals surface area contributed by atoms with Gasteiger partial charge in [0.15, 0.2) is 5.15 Å². The highest BCUT2D eigenvalue weighted by atomic mass is 35.5. The predicted molar refractivity (Wildman–Crippen MR) is 55.4 cm³/mol. The molecule has 4 nitrogen and oxygen atoms in total. The highest BCUT2D eigenvalue weighted by Crippen LogP contribution is 2.34. The van der Waals surface area contributed by atoms with Crippen molar-refractivity contribution in [3.05, 3.63) is 10.7 Å². The van der Waals surface area contributed by atoms with Crippen molar-refractivity contribution in [1.82, 2.24) is 10.1 Å². The third kappa shape index (κ3) is 1.72. The molecule has 2 N–H and O–H groups in total. The first-order valence-corrected chi connectivity index (χ1v) is 5.15. The Morgan fingerprint density at radius 3 is 3.00 bits per heavy atom. The van der Waals surface area contributed by atoms with Crippen LogP contribution in [0.1, 0.15) is 24.3 Å². The first-order chi connectivity index (χ1) is 6.68. The van der Waals surface area contributed by atoms with Crippen LogP contribution in [0.15, 0.2) is 4.52 Å². The molecule has 1 fully saturated rings. The molecule has 1 aliphatic rings. The largest absolute Gasteiger partial charge is 0.367 e. The first kappa shape index (κ1) is 9.80. The number of likely N-dealkylation sites (N-methyl/N-ethyl adjacent to an activating group) is 1. The molecule has 0 bridgehead atoms. The van der Waals surface area contributed by atoms with Crippen LogP contribution < -0.4 is 5.73 Å². The number of rotatable bonds is 1. The van der Waals surface area contributed by atoms with Gasteiger partial charge in [0.25, 0.3) is 0 Å². The summed E-state index contributed by atoms with van der Waals surface area (Å²) >= 11 is 5.92. The molecule has 0 aliphatic carbocycles. The summed E-state index contributed by atoms with van der Waals surface area (Å²) in [5.74, 6) is 0.739. The van der Waals surface area contributed by atoms with Crippen LogP contribution in [0.25, 0.3) is 0 Å². The van der Waals surface area contributed by atoms with Gasteiger partial charge in [0, 0.05) is 12.5 Å². The number of nitrogen functional groups attached to an aromatic ring is 1. The number of aromatic nitrogens is 1. The standard InChI is InChI=1S/C9H14ClN3O/c1-13-4-2-3-6(5-13)7-8(10)12-14-9(7)11/h6H,2-5,11H2,1H3. The van der Waals surface area contributed by atoms with E-state index in [1.807, 2.05) is 0 Å². The molecule has 1 saturated heterocycles. The zero-order valence-corrected chi connectivity index (χ0v) is 8.92. The van der Waals surface area contributed by atoms with Crippen LogP contribution in [0.2, 0.25) is 5.15 Å². The molecule has 1 aromatic heterocycles. The van der Waals surface area contributed by atoms with E-state index in [4.69, 9.17) is 21.9 Å². The SMILES string of the molecule is CN1CCCC(c2c(Cl)noc2N)C1. The third-order valence-corrected chi connectivity index (χ3v) is 3.02. The summed E-state index contributed by atoms with van der Waals surface area (Å²) in [6, 6.07) is 0. The number of anilines is 1. The molecule has 0 saturated carbocycles. The van der Waals surface area contributed by atoms with Gasteiger partial charge in [-0.15, -0.1) is 0 Å². The molecule has 0 aromatic carbocycles. The lowest BCUT2D eigenvalue weighted by Crippen LogP contribution is -2.31. The lowest BCUT2D eigenvalue weighted by atomic mass is 9.92. The minimum Gasteiger partial charge on any atom is -0.367 e. The van der Waals surface area contributed by atoms with Crippen LogP contribution >= 0.6 is 11.6 Å². The van der Waals surface area contributed by atoms with E-state index in [0.29, 0.717) is 17.0 Å². The minimum absolute atomic E-state index is 0.368. The quantitative estimate of drug-likeness (QED) is 0.775. The summed E-state index contributed by atoms with van der Waals surface area (Å²) in [4.78, 5) is 2.27. The van der Waals surface area contributed by atoms with Crippen LogP contribution in [0.3, 0.4) is 0 Å². The molecule has 0 amide bonds. The van der Waals surface area contributed by atoms with Gasteiger partial charge in [-0.25, -0.2) is 0 Å². The summed E-state index contributed by atoms with van der Waals surface area (Å²) in [6.45, 7) is 2.12. The van der Waals surface area contributed by atoms with Crippen LogP contribution in [0.4, 0.5) is 5.88 Å². The van der Waals surface area contributed by atoms with E-state index < -0.39 is 0 Å². The van der Waals surface area contributed by atoms with Crippen molar-refractivity contribution < 1.29 is 4.52 Å². The summed E-state index contributed by atoms with van der Waals surface area (Å²) < 4.78 is 4.86. The van der Waals surface area contributed by atoms with Gasteiger partial charge < -0.3 is 15.2 Å². The van der Waals surface area contributed by atoms with Crippen LogP contribution in [-0.2, 0) is 0 Å². The molecular weight excluding hydrogens is 202 g/mol. The van der Waals surface area contributed by atoms with Crippen LogP contribution in [0.5, 0.6) is 0 Å². The monoisotopic (exact) mass is 215 g/mol. The van der Waals surface area contributed by atoms with Gasteiger partial charge in [-0.1, -0.05) is 16.8 Å². The number of hydrogen-bond acceptors (Lipinski definition) is 4. The lowest BCUT2D eigenvalue weighted by Gasteiger charge is -2.29. The molecule has 0 spiro atoms. The summed E-state index contributed by atoms with van der Waals surface area (Å²) in [6.07, 6.45) is 2.28. The Morgan fingerprint density at radius 1 is 1.64 bits per heavy atom. The Kier molecular flexibility index (Phi) is 2.65. The maximum atomic E-state index is 5.92. The number of hydrogen-bond donors (Lipinski definition) is 1. The van der Waals surface area contributed by atoms with Crippen molar-refractivity contribution in [2.75, 3.05) is 25.9 Å². The Labute approximate surface area is 88.0 Å². The Morgan fingerprint density at radius 2 is 2.43 bits per heavy atom. The summed E-state index contributed by atoms with van der Waals surface area (Å²) in [5, 5.41) is 4.08. The maximum absolute atomic E-state index is 5.92. The minimum atomic E-state index is 0.368. The molecule has 2 heterocycles. The highest BCUT2D eigenvalue weighted by Gasteiger charge is 2.26. The fourth-order valence-electron chi connectivity index (χ4n) is 2.06. The topological polar surface area (TPSA) is 55.3 Å². The van der Waals surface area contributed by atoms with Crippen molar-refractivity contribution in [3.63, 3.8) is 0 Å². The van der Waals surface area contributed by atoms with Crippen molar-refractivity contribution >= 4 is 17.5 Å². The fraction of sp³-hybridized carbons (Fsp3) is 0.667. The maximum Gasteiger partial charge on any atom is 0.227 e. The molecule has 2 rings (SSSR count). The average Bonchev–Trinajstić information content (AvgIpc) is 2.46. The van der Waals surface area contributed by atoms with Gasteiger partial charge in [-0.2, -0.15) is 0 Å². The van der Waals surface area contributed by atoms with E-state index in [1.54, 1.807) is 0 Å². The normalized spacial score (nSPS) is 24.0. The third-order valence-electron chi connectivity index (χ3n) is 2.74. The van der Waals surface area contributed by atoms with Gasteiger partial charge in [0.2, 0.25) is 5.88 Å². The van der Waals surface area contributed by atoms with Gasteiger partial charge in [0.05, 0.1) is 5.56 Å². The Bertz CT molecular complexity index is 306. The lowest BCUT2D eigenvalue weighted by molar-refractivity contribution is 0.251. The number of piperidine rings is 1. The second-order valence-electron chi connectivity index (χ2n) is 3.85. The van der Waals surface area contributed by atoms with Crippen molar-refractivity contribution in [3.8, 4) is 0 Å². The second-order valence-corrected chi connectivity index (χ2v) is 4.21. The van der Waals surface area contributed by atoms with E-state index in [2.05, 4.69) is 17.1 Å². The van der Waals surface area contributed by atoms with E-state index in [-0.39, 0.29) is 0 Å². The number of nitrogens with zero attached hydrogens (tertiary/aromatic N) is 2. The van der Waals surface area contributed by atoms with Crippen LogP contribution in [0, 0.1) is 0 Å². The number of halogens is 1. The zero-order chi connectivity index (χ0) is 10.1. The fourth-order valence-corrected chi connectivity index (χ4v) is 2.34. The molecular formula is C9H14ClN3O. The van der Waals surface area contributed by atoms with Crippen molar-refractivity contribution in [2.45, 2.75) is 18.8 Å². The molecule has 78 valence electrons. The van der Waals surface area contributed by atoms with Gasteiger partial charge >= 0.3 is 0 Å². The summed E-state index contributed by atoms with van der Waals surface area (Å²) in [7, 11) is 2.10. The molecule has 14 heavy (non-hydrogen) atoms. The second kappa shape index (κ2) is 3.79.